The van der Waals surface area contributed by atoms with E-state index < -0.39 is 17.2 Å². The summed E-state index contributed by atoms with van der Waals surface area (Å²) < 4.78 is 2.03. The van der Waals surface area contributed by atoms with Gasteiger partial charge in [-0.3, -0.25) is 15.0 Å². The molecule has 1 aromatic carbocycles. The monoisotopic (exact) mass is 390 g/mol. The quantitative estimate of drug-likeness (QED) is 0.668. The summed E-state index contributed by atoms with van der Waals surface area (Å²) in [5.74, 6) is 0.388. The summed E-state index contributed by atoms with van der Waals surface area (Å²) >= 11 is 1.25. The van der Waals surface area contributed by atoms with Gasteiger partial charge < -0.3 is 10.3 Å². The molecule has 0 fully saturated rings. The molecule has 0 bridgehead atoms. The van der Waals surface area contributed by atoms with Crippen LogP contribution >= 0.6 is 11.8 Å². The zero-order valence-electron chi connectivity index (χ0n) is 16.0. The van der Waals surface area contributed by atoms with Gasteiger partial charge >= 0.3 is 6.03 Å². The maximum atomic E-state index is 12.0. The Balaban J connectivity index is 2.34. The van der Waals surface area contributed by atoms with Crippen LogP contribution in [-0.2, 0) is 11.3 Å². The molecule has 9 heteroatoms. The van der Waals surface area contributed by atoms with Crippen LogP contribution in [-0.4, -0.2) is 50.9 Å². The average Bonchev–Trinajstić information content (AvgIpc) is 2.98. The summed E-state index contributed by atoms with van der Waals surface area (Å²) in [6, 6.07) is 9.26. The fourth-order valence-electron chi connectivity index (χ4n) is 2.76. The van der Waals surface area contributed by atoms with Gasteiger partial charge in [0.15, 0.2) is 11.0 Å². The summed E-state index contributed by atoms with van der Waals surface area (Å²) in [6.07, 6.45) is 0.877. The number of nitrogens with two attached hydrogens (primary N) is 1. The summed E-state index contributed by atoms with van der Waals surface area (Å²) in [5, 5.41) is 10.9. The highest BCUT2D eigenvalue weighted by Gasteiger charge is 2.25. The van der Waals surface area contributed by atoms with Crippen molar-refractivity contribution in [1.29, 1.82) is 0 Å². The number of carbonyl (C=O) groups excluding carboxylic acids is 2. The fourth-order valence-corrected chi connectivity index (χ4v) is 3.62. The van der Waals surface area contributed by atoms with Crippen LogP contribution < -0.4 is 11.1 Å². The number of amides is 3. The number of aromatic nitrogens is 3. The minimum atomic E-state index is -0.863. The molecule has 3 amide bonds. The second kappa shape index (κ2) is 9.52. The van der Waals surface area contributed by atoms with Gasteiger partial charge in [0, 0.05) is 0 Å². The first-order chi connectivity index (χ1) is 12.8. The number of thioether (sulfide) groups is 1. The Morgan fingerprint density at radius 1 is 1.26 bits per heavy atom. The first-order valence-electron chi connectivity index (χ1n) is 8.73. The van der Waals surface area contributed by atoms with E-state index in [4.69, 9.17) is 5.73 Å². The van der Waals surface area contributed by atoms with Gasteiger partial charge in [0.25, 0.3) is 0 Å². The molecule has 0 radical (unpaired) electrons. The molecule has 8 nitrogen and oxygen atoms in total. The maximum absolute atomic E-state index is 12.0. The number of nitrogens with one attached hydrogen (secondary N) is 1. The lowest BCUT2D eigenvalue weighted by molar-refractivity contribution is -0.119. The van der Waals surface area contributed by atoms with Crippen LogP contribution in [0.1, 0.15) is 37.7 Å². The van der Waals surface area contributed by atoms with E-state index in [2.05, 4.69) is 27.3 Å². The third-order valence-corrected chi connectivity index (χ3v) is 5.22. The first kappa shape index (κ1) is 20.9. The zero-order valence-corrected chi connectivity index (χ0v) is 16.9. The van der Waals surface area contributed by atoms with Crippen molar-refractivity contribution in [2.75, 3.05) is 14.1 Å². The second-order valence-electron chi connectivity index (χ2n) is 6.41. The molecule has 0 spiro atoms. The van der Waals surface area contributed by atoms with Crippen LogP contribution in [0, 0.1) is 0 Å². The minimum Gasteiger partial charge on any atom is -0.351 e. The minimum absolute atomic E-state index is 0.102. The molecule has 27 heavy (non-hydrogen) atoms. The van der Waals surface area contributed by atoms with E-state index in [9.17, 15) is 9.59 Å². The highest BCUT2D eigenvalue weighted by atomic mass is 32.2. The van der Waals surface area contributed by atoms with Crippen molar-refractivity contribution < 1.29 is 9.59 Å². The highest BCUT2D eigenvalue weighted by Crippen LogP contribution is 2.28. The molecule has 0 aliphatic carbocycles. The molecule has 2 atom stereocenters. The van der Waals surface area contributed by atoms with E-state index in [-0.39, 0.29) is 6.04 Å². The van der Waals surface area contributed by atoms with Gasteiger partial charge in [-0.05, 0) is 33.0 Å². The van der Waals surface area contributed by atoms with Gasteiger partial charge in [-0.25, -0.2) is 4.79 Å². The molecule has 1 aromatic heterocycles. The van der Waals surface area contributed by atoms with Crippen molar-refractivity contribution in [1.82, 2.24) is 25.0 Å². The summed E-state index contributed by atoms with van der Waals surface area (Å²) in [7, 11) is 4.01. The highest BCUT2D eigenvalue weighted by molar-refractivity contribution is 8.00. The Hall–Kier alpha value is -2.39. The van der Waals surface area contributed by atoms with Crippen LogP contribution in [0.15, 0.2) is 35.5 Å². The third-order valence-electron chi connectivity index (χ3n) is 4.13. The lowest BCUT2D eigenvalue weighted by Gasteiger charge is -2.23. The van der Waals surface area contributed by atoms with E-state index in [1.54, 1.807) is 6.92 Å². The van der Waals surface area contributed by atoms with Gasteiger partial charge in [-0.15, -0.1) is 10.2 Å². The van der Waals surface area contributed by atoms with Gasteiger partial charge in [-0.2, -0.15) is 0 Å². The smallest absolute Gasteiger partial charge is 0.318 e. The van der Waals surface area contributed by atoms with Crippen LogP contribution in [0.4, 0.5) is 4.79 Å². The summed E-state index contributed by atoms with van der Waals surface area (Å²) in [4.78, 5) is 25.1. The Bertz CT molecular complexity index is 777. The molecule has 3 N–H and O–H groups in total. The van der Waals surface area contributed by atoms with Crippen LogP contribution in [0.25, 0.3) is 0 Å². The summed E-state index contributed by atoms with van der Waals surface area (Å²) in [6.45, 7) is 4.40. The second-order valence-corrected chi connectivity index (χ2v) is 7.72. The van der Waals surface area contributed by atoms with Crippen molar-refractivity contribution in [3.05, 3.63) is 41.7 Å². The summed E-state index contributed by atoms with van der Waals surface area (Å²) in [5.41, 5.74) is 6.15. The lowest BCUT2D eigenvalue weighted by atomic mass is 10.2. The van der Waals surface area contributed by atoms with Gasteiger partial charge in [-0.1, -0.05) is 49.0 Å². The van der Waals surface area contributed by atoms with Crippen molar-refractivity contribution >= 4 is 23.7 Å². The number of hydrogen-bond acceptors (Lipinski definition) is 6. The normalized spacial score (nSPS) is 13.4. The van der Waals surface area contributed by atoms with Crippen LogP contribution in [0.5, 0.6) is 0 Å². The molecule has 2 rings (SSSR count). The molecule has 0 saturated carbocycles. The topological polar surface area (TPSA) is 106 Å². The van der Waals surface area contributed by atoms with Crippen molar-refractivity contribution in [3.8, 4) is 0 Å². The van der Waals surface area contributed by atoms with E-state index in [0.717, 1.165) is 17.8 Å². The Labute approximate surface area is 163 Å². The standard InChI is InChI=1S/C18H26N6O2S/c1-5-14(23(3)4)15-21-22-18(27-12(2)16(25)20-17(19)26)24(15)11-13-9-7-6-8-10-13/h6-10,12,14H,5,11H2,1-4H3,(H3,19,20,25,26)/t12-,14+/m1/s1. The average molecular weight is 391 g/mol. The van der Waals surface area contributed by atoms with E-state index in [1.807, 2.05) is 49.0 Å². The molecule has 0 aliphatic heterocycles. The van der Waals surface area contributed by atoms with Gasteiger partial charge in [0.2, 0.25) is 5.91 Å². The van der Waals surface area contributed by atoms with Crippen LogP contribution in [0.3, 0.4) is 0 Å². The van der Waals surface area contributed by atoms with Crippen molar-refractivity contribution in [3.63, 3.8) is 0 Å². The Morgan fingerprint density at radius 3 is 2.48 bits per heavy atom. The molecule has 0 unspecified atom stereocenters. The molecule has 1 heterocycles. The number of urea groups is 1. The fraction of sp³-hybridized carbons (Fsp3) is 0.444. The molecular formula is C18H26N6O2S. The molecule has 2 aromatic rings. The van der Waals surface area contributed by atoms with E-state index in [0.29, 0.717) is 11.7 Å². The number of primary amides is 1. The number of imide groups is 1. The first-order valence-corrected chi connectivity index (χ1v) is 9.61. The van der Waals surface area contributed by atoms with Gasteiger partial charge in [0.05, 0.1) is 17.8 Å². The van der Waals surface area contributed by atoms with Crippen LogP contribution in [0.2, 0.25) is 0 Å². The molecular weight excluding hydrogens is 364 g/mol. The zero-order chi connectivity index (χ0) is 20.0. The maximum Gasteiger partial charge on any atom is 0.318 e. The third kappa shape index (κ3) is 5.54. The predicted molar refractivity (Wildman–Crippen MR) is 105 cm³/mol. The largest absolute Gasteiger partial charge is 0.351 e. The van der Waals surface area contributed by atoms with Crippen molar-refractivity contribution in [2.24, 2.45) is 5.73 Å². The molecule has 146 valence electrons. The lowest BCUT2D eigenvalue weighted by Crippen LogP contribution is -2.39. The molecule has 0 aliphatic rings. The SMILES string of the molecule is CC[C@@H](c1nnc(S[C@H](C)C(=O)NC(N)=O)n1Cc1ccccc1)N(C)C. The van der Waals surface area contributed by atoms with Crippen molar-refractivity contribution in [2.45, 2.75) is 43.3 Å². The van der Waals surface area contributed by atoms with Gasteiger partial charge in [0.1, 0.15) is 0 Å². The Morgan fingerprint density at radius 2 is 1.93 bits per heavy atom. The predicted octanol–water partition coefficient (Wildman–Crippen LogP) is 2.01. The number of benzene rings is 1. The number of carbonyl (C=O) groups is 2. The molecule has 0 saturated heterocycles. The Kier molecular flexibility index (Phi) is 7.37. The van der Waals surface area contributed by atoms with E-state index >= 15 is 0 Å². The van der Waals surface area contributed by atoms with E-state index in [1.165, 1.54) is 11.8 Å². The number of rotatable bonds is 8. The number of nitrogens with zero attached hydrogens (tertiary/aromatic N) is 4. The number of hydrogen-bond donors (Lipinski definition) is 2.